The van der Waals surface area contributed by atoms with Crippen LogP contribution in [0.1, 0.15) is 44.2 Å². The van der Waals surface area contributed by atoms with Gasteiger partial charge in [0, 0.05) is 18.0 Å². The maximum absolute atomic E-state index is 12.7. The fourth-order valence-electron chi connectivity index (χ4n) is 6.19. The Morgan fingerprint density at radius 3 is 2.77 bits per heavy atom. The molecule has 4 aliphatic rings. The van der Waals surface area contributed by atoms with Crippen LogP contribution in [0.3, 0.4) is 0 Å². The van der Waals surface area contributed by atoms with E-state index >= 15 is 0 Å². The number of carbonyl (C=O) groups is 3. The number of ketones is 1. The van der Waals surface area contributed by atoms with E-state index in [2.05, 4.69) is 4.90 Å². The monoisotopic (exact) mass is 487 g/mol. The maximum Gasteiger partial charge on any atom is 0.336 e. The summed E-state index contributed by atoms with van der Waals surface area (Å²) in [5.41, 5.74) is -0.367. The van der Waals surface area contributed by atoms with E-state index in [0.717, 1.165) is 11.1 Å². The average Bonchev–Trinajstić information content (AvgIpc) is 3.15. The standard InChI is InChI=1S/C25H29NO9/c1-12(27)13(2)33-23(31)16(29)11-19(30)34-17-6-7-25(32)18-10-14-4-5-15(28)21-20(14)24(25,22(17)35-21)8-9-26(18)3/h4-6,13,16,18,22,28-29,32H,7-11H2,1-3H3/t13-,16-,18+,22-,24-,25+/m0/s1. The highest BCUT2D eigenvalue weighted by atomic mass is 16.6. The van der Waals surface area contributed by atoms with Crippen LogP contribution in [-0.4, -0.2) is 81.5 Å². The molecule has 2 aliphatic heterocycles. The Hall–Kier alpha value is -2.95. The number of nitrogens with zero attached hydrogens (tertiary/aromatic N) is 1. The molecule has 2 aliphatic carbocycles. The summed E-state index contributed by atoms with van der Waals surface area (Å²) in [4.78, 5) is 38.1. The molecule has 2 bridgehead atoms. The third-order valence-corrected chi connectivity index (χ3v) is 8.08. The molecule has 10 heteroatoms. The minimum atomic E-state index is -1.80. The Labute approximate surface area is 202 Å². The van der Waals surface area contributed by atoms with Gasteiger partial charge in [0.1, 0.15) is 5.76 Å². The minimum Gasteiger partial charge on any atom is -0.504 e. The van der Waals surface area contributed by atoms with E-state index in [-0.39, 0.29) is 24.0 Å². The minimum absolute atomic E-state index is 0.0457. The molecule has 10 nitrogen and oxygen atoms in total. The number of rotatable bonds is 6. The first-order valence-electron chi connectivity index (χ1n) is 11.7. The van der Waals surface area contributed by atoms with Crippen LogP contribution in [0.15, 0.2) is 24.0 Å². The highest BCUT2D eigenvalue weighted by molar-refractivity contribution is 5.86. The van der Waals surface area contributed by atoms with Gasteiger partial charge in [0.15, 0.2) is 35.6 Å². The zero-order valence-electron chi connectivity index (χ0n) is 19.8. The Balaban J connectivity index is 1.41. The Kier molecular flexibility index (Phi) is 5.46. The summed E-state index contributed by atoms with van der Waals surface area (Å²) in [6.45, 7) is 3.30. The predicted octanol–water partition coefficient (Wildman–Crippen LogP) is 0.485. The summed E-state index contributed by atoms with van der Waals surface area (Å²) < 4.78 is 16.6. The average molecular weight is 488 g/mol. The highest BCUT2D eigenvalue weighted by Crippen LogP contribution is 2.65. The van der Waals surface area contributed by atoms with Gasteiger partial charge in [0.25, 0.3) is 0 Å². The van der Waals surface area contributed by atoms with Gasteiger partial charge in [-0.1, -0.05) is 6.07 Å². The van der Waals surface area contributed by atoms with Crippen LogP contribution in [-0.2, 0) is 35.7 Å². The number of esters is 2. The molecule has 188 valence electrons. The lowest BCUT2D eigenvalue weighted by molar-refractivity contribution is -0.172. The number of carbonyl (C=O) groups excluding carboxylic acids is 3. The molecule has 1 aromatic carbocycles. The van der Waals surface area contributed by atoms with Gasteiger partial charge in [0.05, 0.1) is 17.4 Å². The summed E-state index contributed by atoms with van der Waals surface area (Å²) in [6, 6.07) is 3.24. The van der Waals surface area contributed by atoms with Gasteiger partial charge in [0.2, 0.25) is 0 Å². The van der Waals surface area contributed by atoms with Gasteiger partial charge < -0.3 is 34.4 Å². The summed E-state index contributed by atoms with van der Waals surface area (Å²) >= 11 is 0. The number of aliphatic hydroxyl groups is 2. The summed E-state index contributed by atoms with van der Waals surface area (Å²) in [5.74, 6) is -1.96. The van der Waals surface area contributed by atoms with Gasteiger partial charge in [-0.05, 0) is 58.0 Å². The van der Waals surface area contributed by atoms with Crippen molar-refractivity contribution >= 4 is 17.7 Å². The van der Waals surface area contributed by atoms with E-state index in [4.69, 9.17) is 14.2 Å². The molecule has 3 N–H and O–H groups in total. The van der Waals surface area contributed by atoms with Crippen molar-refractivity contribution in [2.24, 2.45) is 0 Å². The number of aliphatic hydroxyl groups excluding tert-OH is 1. The first kappa shape index (κ1) is 23.8. The Morgan fingerprint density at radius 1 is 1.31 bits per heavy atom. The molecule has 1 fully saturated rings. The van der Waals surface area contributed by atoms with E-state index in [1.54, 1.807) is 12.1 Å². The van der Waals surface area contributed by atoms with Gasteiger partial charge >= 0.3 is 11.9 Å². The van der Waals surface area contributed by atoms with Crippen LogP contribution >= 0.6 is 0 Å². The molecule has 1 saturated heterocycles. The third kappa shape index (κ3) is 3.30. The smallest absolute Gasteiger partial charge is 0.336 e. The second-order valence-electron chi connectivity index (χ2n) is 9.99. The summed E-state index contributed by atoms with van der Waals surface area (Å²) in [6.07, 6.45) is -1.43. The Morgan fingerprint density at radius 2 is 2.06 bits per heavy atom. The summed E-state index contributed by atoms with van der Waals surface area (Å²) in [5, 5.41) is 32.7. The lowest BCUT2D eigenvalue weighted by Gasteiger charge is -2.61. The molecule has 5 rings (SSSR count). The number of phenolic OH excluding ortho intramolecular Hbond substituents is 1. The number of benzene rings is 1. The predicted molar refractivity (Wildman–Crippen MR) is 120 cm³/mol. The molecule has 0 amide bonds. The van der Waals surface area contributed by atoms with E-state index in [9.17, 15) is 29.7 Å². The second-order valence-corrected chi connectivity index (χ2v) is 9.99. The van der Waals surface area contributed by atoms with Crippen molar-refractivity contribution in [1.29, 1.82) is 0 Å². The summed E-state index contributed by atoms with van der Waals surface area (Å²) in [7, 11) is 1.97. The van der Waals surface area contributed by atoms with Crippen LogP contribution < -0.4 is 4.74 Å². The number of likely N-dealkylation sites (tertiary alicyclic amines) is 1. The number of ether oxygens (including phenoxy) is 3. The van der Waals surface area contributed by atoms with Gasteiger partial charge in [-0.3, -0.25) is 9.59 Å². The number of likely N-dealkylation sites (N-methyl/N-ethyl adjacent to an activating group) is 1. The van der Waals surface area contributed by atoms with E-state index in [1.807, 2.05) is 13.1 Å². The number of piperidine rings is 1. The van der Waals surface area contributed by atoms with Crippen molar-refractivity contribution in [1.82, 2.24) is 4.90 Å². The number of hydrogen-bond donors (Lipinski definition) is 3. The van der Waals surface area contributed by atoms with Crippen LogP contribution in [0.5, 0.6) is 11.5 Å². The van der Waals surface area contributed by atoms with Crippen LogP contribution in [0.2, 0.25) is 0 Å². The molecular formula is C25H29NO9. The first-order chi connectivity index (χ1) is 16.5. The number of aromatic hydroxyl groups is 1. The van der Waals surface area contributed by atoms with Crippen LogP contribution in [0.25, 0.3) is 0 Å². The van der Waals surface area contributed by atoms with Crippen molar-refractivity contribution in [3.05, 3.63) is 35.1 Å². The maximum atomic E-state index is 12.7. The number of hydrogen-bond acceptors (Lipinski definition) is 10. The van der Waals surface area contributed by atoms with Gasteiger partial charge in [-0.2, -0.15) is 0 Å². The largest absolute Gasteiger partial charge is 0.504 e. The topological polar surface area (TPSA) is 143 Å². The second kappa shape index (κ2) is 8.04. The molecular weight excluding hydrogens is 458 g/mol. The molecule has 6 atom stereocenters. The zero-order valence-corrected chi connectivity index (χ0v) is 19.8. The molecule has 0 saturated carbocycles. The van der Waals surface area contributed by atoms with Crippen molar-refractivity contribution in [2.45, 2.75) is 74.9 Å². The lowest BCUT2D eigenvalue weighted by Crippen LogP contribution is -2.74. The SMILES string of the molecule is CC(=O)[C@H](C)OC(=O)[C@@H](O)CC(=O)OC1=CC[C@@]2(O)[C@H]3Cc4ccc(O)c5c4[C@@]2(CCN3C)[C@H]1O5. The van der Waals surface area contributed by atoms with E-state index in [1.165, 1.54) is 13.8 Å². The fraction of sp³-hybridized carbons (Fsp3) is 0.560. The Bertz CT molecular complexity index is 1150. The number of phenols is 1. The van der Waals surface area contributed by atoms with E-state index in [0.29, 0.717) is 25.1 Å². The molecule has 1 aromatic rings. The van der Waals surface area contributed by atoms with E-state index < -0.39 is 53.5 Å². The van der Waals surface area contributed by atoms with Gasteiger partial charge in [-0.15, -0.1) is 0 Å². The lowest BCUT2D eigenvalue weighted by atomic mass is 9.50. The molecule has 0 radical (unpaired) electrons. The van der Waals surface area contributed by atoms with Gasteiger partial charge in [-0.25, -0.2) is 4.79 Å². The first-order valence-corrected chi connectivity index (χ1v) is 11.7. The molecule has 2 heterocycles. The van der Waals surface area contributed by atoms with Crippen molar-refractivity contribution < 1.29 is 43.9 Å². The quantitative estimate of drug-likeness (QED) is 0.485. The van der Waals surface area contributed by atoms with Crippen LogP contribution in [0.4, 0.5) is 0 Å². The third-order valence-electron chi connectivity index (χ3n) is 8.08. The fourth-order valence-corrected chi connectivity index (χ4v) is 6.19. The molecule has 0 unspecified atom stereocenters. The van der Waals surface area contributed by atoms with Crippen molar-refractivity contribution in [2.75, 3.05) is 13.6 Å². The highest BCUT2D eigenvalue weighted by Gasteiger charge is 2.72. The van der Waals surface area contributed by atoms with Crippen LogP contribution in [0, 0.1) is 0 Å². The van der Waals surface area contributed by atoms with Crippen molar-refractivity contribution in [3.63, 3.8) is 0 Å². The zero-order chi connectivity index (χ0) is 25.3. The molecule has 1 spiro atoms. The molecule has 35 heavy (non-hydrogen) atoms. The number of Topliss-reactive ketones (excluding diaryl/α,β-unsaturated/α-hetero) is 1. The van der Waals surface area contributed by atoms with Crippen molar-refractivity contribution in [3.8, 4) is 11.5 Å². The normalized spacial score (nSPS) is 32.0. The molecule has 0 aromatic heterocycles.